The van der Waals surface area contributed by atoms with Crippen molar-refractivity contribution in [2.45, 2.75) is 20.0 Å². The number of benzene rings is 1. The van der Waals surface area contributed by atoms with Crippen LogP contribution in [0, 0.1) is 0 Å². The molecule has 1 N–H and O–H groups in total. The molecule has 5 heteroatoms. The van der Waals surface area contributed by atoms with Crippen LogP contribution in [0.4, 0.5) is 5.69 Å². The molecule has 0 aromatic heterocycles. The topological polar surface area (TPSA) is 55.4 Å². The van der Waals surface area contributed by atoms with E-state index in [0.717, 1.165) is 16.6 Å². The van der Waals surface area contributed by atoms with Crippen molar-refractivity contribution in [2.75, 3.05) is 5.32 Å². The maximum atomic E-state index is 11.5. The van der Waals surface area contributed by atoms with Gasteiger partial charge in [0.15, 0.2) is 0 Å². The van der Waals surface area contributed by atoms with Gasteiger partial charge in [0.2, 0.25) is 5.91 Å². The Hall–Kier alpha value is -1.62. The van der Waals surface area contributed by atoms with Gasteiger partial charge in [-0.1, -0.05) is 12.1 Å². The molecular formula is C13H14BrNO3. The van der Waals surface area contributed by atoms with Gasteiger partial charge in [0, 0.05) is 16.6 Å². The maximum Gasteiger partial charge on any atom is 0.331 e. The van der Waals surface area contributed by atoms with Gasteiger partial charge >= 0.3 is 5.97 Å². The normalized spacial score (nSPS) is 10.7. The molecule has 0 saturated heterocycles. The van der Waals surface area contributed by atoms with Gasteiger partial charge in [0.25, 0.3) is 0 Å². The fourth-order valence-electron chi connectivity index (χ4n) is 1.15. The fraction of sp³-hybridized carbons (Fsp3) is 0.231. The molecule has 0 saturated carbocycles. The molecule has 0 aliphatic rings. The third-order valence-electron chi connectivity index (χ3n) is 1.85. The minimum absolute atomic E-state index is 0.200. The molecule has 18 heavy (non-hydrogen) atoms. The first-order valence-corrected chi connectivity index (χ1v) is 6.22. The van der Waals surface area contributed by atoms with E-state index < -0.39 is 5.97 Å². The van der Waals surface area contributed by atoms with Gasteiger partial charge in [0.05, 0.1) is 11.8 Å². The summed E-state index contributed by atoms with van der Waals surface area (Å²) in [6.07, 6.45) is 2.05. The van der Waals surface area contributed by atoms with Crippen LogP contribution in [0.1, 0.15) is 13.8 Å². The van der Waals surface area contributed by atoms with Gasteiger partial charge in [-0.25, -0.2) is 4.79 Å². The average molecular weight is 312 g/mol. The number of hydrogen-bond donors (Lipinski definition) is 1. The number of carbonyl (C=O) groups is 2. The first-order valence-electron chi connectivity index (χ1n) is 5.43. The standard InChI is InChI=1S/C13H14BrNO3/c1-9(2)18-13(17)8-7-12(16)15-11-6-4-3-5-10(11)14/h3-9H,1-2H3,(H,15,16)/b8-7+. The smallest absolute Gasteiger partial charge is 0.331 e. The highest BCUT2D eigenvalue weighted by molar-refractivity contribution is 9.10. The number of anilines is 1. The average Bonchev–Trinajstić information content (AvgIpc) is 2.29. The predicted octanol–water partition coefficient (Wildman–Crippen LogP) is 2.90. The van der Waals surface area contributed by atoms with E-state index in [1.165, 1.54) is 0 Å². The third kappa shape index (κ3) is 5.14. The van der Waals surface area contributed by atoms with Crippen LogP contribution in [0.3, 0.4) is 0 Å². The molecule has 0 atom stereocenters. The van der Waals surface area contributed by atoms with Crippen molar-refractivity contribution in [3.8, 4) is 0 Å². The highest BCUT2D eigenvalue weighted by atomic mass is 79.9. The zero-order valence-corrected chi connectivity index (χ0v) is 11.7. The molecule has 96 valence electrons. The Balaban J connectivity index is 2.55. The number of hydrogen-bond acceptors (Lipinski definition) is 3. The van der Waals surface area contributed by atoms with Crippen LogP contribution >= 0.6 is 15.9 Å². The summed E-state index contributed by atoms with van der Waals surface area (Å²) < 4.78 is 5.63. The molecule has 0 aliphatic heterocycles. The lowest BCUT2D eigenvalue weighted by Crippen LogP contribution is -2.12. The number of ether oxygens (including phenoxy) is 1. The van der Waals surface area contributed by atoms with Crippen molar-refractivity contribution in [2.24, 2.45) is 0 Å². The minimum atomic E-state index is -0.535. The highest BCUT2D eigenvalue weighted by Gasteiger charge is 2.04. The minimum Gasteiger partial charge on any atom is -0.460 e. The molecule has 1 aromatic rings. The van der Waals surface area contributed by atoms with E-state index >= 15 is 0 Å². The van der Waals surface area contributed by atoms with E-state index in [4.69, 9.17) is 4.74 Å². The number of esters is 1. The zero-order chi connectivity index (χ0) is 13.5. The summed E-state index contributed by atoms with van der Waals surface area (Å²) in [5.41, 5.74) is 0.643. The summed E-state index contributed by atoms with van der Waals surface area (Å²) in [6.45, 7) is 3.49. The quantitative estimate of drug-likeness (QED) is 0.687. The van der Waals surface area contributed by atoms with Crippen LogP contribution in [0.2, 0.25) is 0 Å². The van der Waals surface area contributed by atoms with Gasteiger partial charge in [0.1, 0.15) is 0 Å². The summed E-state index contributed by atoms with van der Waals surface area (Å²) in [6, 6.07) is 7.21. The van der Waals surface area contributed by atoms with Gasteiger partial charge in [-0.2, -0.15) is 0 Å². The zero-order valence-electron chi connectivity index (χ0n) is 10.1. The molecule has 0 spiro atoms. The highest BCUT2D eigenvalue weighted by Crippen LogP contribution is 2.20. The van der Waals surface area contributed by atoms with Crippen LogP contribution in [-0.2, 0) is 14.3 Å². The SMILES string of the molecule is CC(C)OC(=O)/C=C/C(=O)Nc1ccccc1Br. The van der Waals surface area contributed by atoms with E-state index in [1.54, 1.807) is 26.0 Å². The van der Waals surface area contributed by atoms with Crippen LogP contribution in [0.5, 0.6) is 0 Å². The molecule has 0 bridgehead atoms. The third-order valence-corrected chi connectivity index (χ3v) is 2.55. The Morgan fingerprint density at radius 2 is 1.94 bits per heavy atom. The van der Waals surface area contributed by atoms with Gasteiger partial charge in [-0.3, -0.25) is 4.79 Å². The second-order valence-electron chi connectivity index (χ2n) is 3.79. The van der Waals surface area contributed by atoms with E-state index in [9.17, 15) is 9.59 Å². The summed E-state index contributed by atoms with van der Waals surface area (Å²) >= 11 is 3.31. The maximum absolute atomic E-state index is 11.5. The van der Waals surface area contributed by atoms with E-state index in [0.29, 0.717) is 5.69 Å². The Labute approximate surface area is 114 Å². The molecule has 0 radical (unpaired) electrons. The molecule has 1 amide bonds. The van der Waals surface area contributed by atoms with Crippen LogP contribution in [0.15, 0.2) is 40.9 Å². The molecule has 4 nitrogen and oxygen atoms in total. The summed E-state index contributed by atoms with van der Waals surface area (Å²) in [7, 11) is 0. The molecule has 0 unspecified atom stereocenters. The number of amides is 1. The van der Waals surface area contributed by atoms with Gasteiger partial charge in [-0.05, 0) is 41.9 Å². The molecule has 1 rings (SSSR count). The van der Waals surface area contributed by atoms with Crippen molar-refractivity contribution in [3.63, 3.8) is 0 Å². The van der Waals surface area contributed by atoms with Crippen molar-refractivity contribution in [3.05, 3.63) is 40.9 Å². The lowest BCUT2D eigenvalue weighted by atomic mass is 10.3. The van der Waals surface area contributed by atoms with E-state index in [2.05, 4.69) is 21.2 Å². The number of para-hydroxylation sites is 1. The number of rotatable bonds is 4. The predicted molar refractivity (Wildman–Crippen MR) is 73.1 cm³/mol. The molecule has 0 heterocycles. The summed E-state index contributed by atoms with van der Waals surface area (Å²) in [4.78, 5) is 22.7. The molecule has 1 aromatic carbocycles. The Morgan fingerprint density at radius 1 is 1.28 bits per heavy atom. The number of nitrogens with one attached hydrogen (secondary N) is 1. The monoisotopic (exact) mass is 311 g/mol. The second-order valence-corrected chi connectivity index (χ2v) is 4.64. The second kappa shape index (κ2) is 6.96. The van der Waals surface area contributed by atoms with Crippen LogP contribution < -0.4 is 5.32 Å². The lowest BCUT2D eigenvalue weighted by Gasteiger charge is -2.05. The molecule has 0 aliphatic carbocycles. The largest absolute Gasteiger partial charge is 0.460 e. The Bertz CT molecular complexity index is 469. The number of carbonyl (C=O) groups excluding carboxylic acids is 2. The van der Waals surface area contributed by atoms with Crippen molar-refractivity contribution in [1.82, 2.24) is 0 Å². The molecule has 0 fully saturated rings. The van der Waals surface area contributed by atoms with Crippen molar-refractivity contribution in [1.29, 1.82) is 0 Å². The Morgan fingerprint density at radius 3 is 2.56 bits per heavy atom. The van der Waals surface area contributed by atoms with Gasteiger partial charge in [-0.15, -0.1) is 0 Å². The van der Waals surface area contributed by atoms with Crippen molar-refractivity contribution >= 4 is 33.5 Å². The fourth-order valence-corrected chi connectivity index (χ4v) is 1.54. The van der Waals surface area contributed by atoms with E-state index in [1.807, 2.05) is 12.1 Å². The van der Waals surface area contributed by atoms with Crippen molar-refractivity contribution < 1.29 is 14.3 Å². The Kier molecular flexibility index (Phi) is 5.58. The lowest BCUT2D eigenvalue weighted by molar-refractivity contribution is -0.141. The van der Waals surface area contributed by atoms with E-state index in [-0.39, 0.29) is 12.0 Å². The van der Waals surface area contributed by atoms with Gasteiger partial charge < -0.3 is 10.1 Å². The van der Waals surface area contributed by atoms with Crippen LogP contribution in [-0.4, -0.2) is 18.0 Å². The molecular weight excluding hydrogens is 298 g/mol. The first kappa shape index (κ1) is 14.4. The summed E-state index contributed by atoms with van der Waals surface area (Å²) in [5, 5.41) is 2.64. The first-order chi connectivity index (χ1) is 8.49. The number of halogens is 1. The van der Waals surface area contributed by atoms with Crippen LogP contribution in [0.25, 0.3) is 0 Å². The summed E-state index contributed by atoms with van der Waals surface area (Å²) in [5.74, 6) is -0.921.